The molecule has 1 amide bonds. The molecule has 1 saturated heterocycles. The Hall–Kier alpha value is -2.17. The molecule has 2 fully saturated rings. The molecule has 2 aromatic rings. The average Bonchev–Trinajstić information content (AvgIpc) is 2.99. The molecule has 5 nitrogen and oxygen atoms in total. The van der Waals surface area contributed by atoms with Gasteiger partial charge in [0.15, 0.2) is 0 Å². The first-order valence-corrected chi connectivity index (χ1v) is 10.4. The third-order valence-corrected chi connectivity index (χ3v) is 6.46. The summed E-state index contributed by atoms with van der Waals surface area (Å²) in [5.41, 5.74) is 2.86. The van der Waals surface area contributed by atoms with Crippen molar-refractivity contribution in [3.63, 3.8) is 0 Å². The van der Waals surface area contributed by atoms with Crippen LogP contribution in [0.2, 0.25) is 0 Å². The quantitative estimate of drug-likeness (QED) is 0.800. The van der Waals surface area contributed by atoms with Gasteiger partial charge in [0.1, 0.15) is 5.82 Å². The fourth-order valence-electron chi connectivity index (χ4n) is 4.38. The highest BCUT2D eigenvalue weighted by Crippen LogP contribution is 2.36. The van der Waals surface area contributed by atoms with Gasteiger partial charge in [0.2, 0.25) is 0 Å². The molecule has 0 aromatic carbocycles. The largest absolute Gasteiger partial charge is 0.339 e. The molecule has 3 heterocycles. The second-order valence-electron chi connectivity index (χ2n) is 8.20. The van der Waals surface area contributed by atoms with Gasteiger partial charge in [0.05, 0.1) is 5.56 Å². The maximum atomic E-state index is 12.7. The average molecular weight is 367 g/mol. The number of imidazole rings is 1. The smallest absolute Gasteiger partial charge is 0.255 e. The van der Waals surface area contributed by atoms with Gasteiger partial charge in [0, 0.05) is 49.3 Å². The lowest BCUT2D eigenvalue weighted by atomic mass is 9.84. The van der Waals surface area contributed by atoms with Crippen LogP contribution in [0.1, 0.15) is 72.0 Å². The molecule has 5 heteroatoms. The summed E-state index contributed by atoms with van der Waals surface area (Å²) >= 11 is 0. The number of aromatic nitrogens is 3. The molecule has 0 radical (unpaired) electrons. The van der Waals surface area contributed by atoms with Crippen molar-refractivity contribution in [2.24, 2.45) is 5.92 Å². The van der Waals surface area contributed by atoms with E-state index in [1.165, 1.54) is 37.2 Å². The van der Waals surface area contributed by atoms with E-state index in [4.69, 9.17) is 0 Å². The number of likely N-dealkylation sites (tertiary alicyclic amines) is 1. The minimum Gasteiger partial charge on any atom is -0.339 e. The summed E-state index contributed by atoms with van der Waals surface area (Å²) in [6, 6.07) is 3.74. The van der Waals surface area contributed by atoms with Crippen LogP contribution in [-0.2, 0) is 6.54 Å². The molecule has 0 unspecified atom stereocenters. The predicted octanol–water partition coefficient (Wildman–Crippen LogP) is 4.10. The number of nitrogens with zero attached hydrogens (tertiary/aromatic N) is 4. The summed E-state index contributed by atoms with van der Waals surface area (Å²) in [5, 5.41) is 0. The Morgan fingerprint density at radius 2 is 1.93 bits per heavy atom. The van der Waals surface area contributed by atoms with Crippen LogP contribution in [0.25, 0.3) is 0 Å². The van der Waals surface area contributed by atoms with Gasteiger partial charge in [-0.2, -0.15) is 0 Å². The zero-order valence-electron chi connectivity index (χ0n) is 16.5. The van der Waals surface area contributed by atoms with Gasteiger partial charge in [-0.3, -0.25) is 9.78 Å². The van der Waals surface area contributed by atoms with Gasteiger partial charge >= 0.3 is 0 Å². The molecule has 0 N–H and O–H groups in total. The first-order chi connectivity index (χ1) is 13.1. The highest BCUT2D eigenvalue weighted by molar-refractivity contribution is 5.95. The van der Waals surface area contributed by atoms with Crippen LogP contribution in [0.15, 0.2) is 24.5 Å². The number of pyridine rings is 1. The van der Waals surface area contributed by atoms with E-state index in [1.54, 1.807) is 6.20 Å². The van der Waals surface area contributed by atoms with Crippen molar-refractivity contribution in [3.8, 4) is 0 Å². The molecular weight excluding hydrogens is 336 g/mol. The minimum atomic E-state index is 0.136. The van der Waals surface area contributed by atoms with Crippen molar-refractivity contribution in [1.29, 1.82) is 0 Å². The lowest BCUT2D eigenvalue weighted by molar-refractivity contribution is 0.0683. The van der Waals surface area contributed by atoms with Crippen LogP contribution in [0.3, 0.4) is 0 Å². The summed E-state index contributed by atoms with van der Waals surface area (Å²) in [4.78, 5) is 23.7. The summed E-state index contributed by atoms with van der Waals surface area (Å²) in [7, 11) is 0. The van der Waals surface area contributed by atoms with E-state index < -0.39 is 0 Å². The van der Waals surface area contributed by atoms with E-state index in [9.17, 15) is 4.79 Å². The number of aryl methyl sites for hydroxylation is 2. The lowest BCUT2D eigenvalue weighted by Crippen LogP contribution is -2.39. The van der Waals surface area contributed by atoms with Crippen molar-refractivity contribution in [2.75, 3.05) is 13.1 Å². The van der Waals surface area contributed by atoms with Gasteiger partial charge < -0.3 is 9.47 Å². The van der Waals surface area contributed by atoms with Gasteiger partial charge in [-0.25, -0.2) is 4.98 Å². The monoisotopic (exact) mass is 366 g/mol. The Morgan fingerprint density at radius 3 is 2.59 bits per heavy atom. The van der Waals surface area contributed by atoms with Crippen LogP contribution in [-0.4, -0.2) is 38.4 Å². The van der Waals surface area contributed by atoms with Gasteiger partial charge in [-0.1, -0.05) is 6.42 Å². The van der Waals surface area contributed by atoms with E-state index in [0.29, 0.717) is 11.8 Å². The molecule has 1 saturated carbocycles. The molecule has 2 aromatic heterocycles. The predicted molar refractivity (Wildman–Crippen MR) is 106 cm³/mol. The number of piperidine rings is 1. The third-order valence-electron chi connectivity index (χ3n) is 6.46. The Morgan fingerprint density at radius 1 is 1.15 bits per heavy atom. The van der Waals surface area contributed by atoms with E-state index in [0.717, 1.165) is 43.7 Å². The van der Waals surface area contributed by atoms with Crippen molar-refractivity contribution in [3.05, 3.63) is 47.3 Å². The molecule has 2 aliphatic rings. The van der Waals surface area contributed by atoms with Crippen LogP contribution >= 0.6 is 0 Å². The number of hydrogen-bond acceptors (Lipinski definition) is 3. The van der Waals surface area contributed by atoms with Crippen LogP contribution in [0.5, 0.6) is 0 Å². The SMILES string of the molecule is Cc1ncccc1C(=O)N1CCC(CCn2c(C)cnc2C2CCC2)CC1. The standard InChI is InChI=1S/C22H30N4O/c1-16-15-24-21(19-5-3-6-19)26(16)14-10-18-8-12-25(13-9-18)22(27)20-7-4-11-23-17(20)2/h4,7,11,15,18-19H,3,5-6,8-10,12-14H2,1-2H3. The van der Waals surface area contributed by atoms with Crippen LogP contribution < -0.4 is 0 Å². The molecule has 1 aliphatic heterocycles. The zero-order chi connectivity index (χ0) is 18.8. The highest BCUT2D eigenvalue weighted by atomic mass is 16.2. The van der Waals surface area contributed by atoms with Crippen molar-refractivity contribution in [2.45, 2.75) is 64.8 Å². The maximum absolute atomic E-state index is 12.7. The van der Waals surface area contributed by atoms with Crippen LogP contribution in [0.4, 0.5) is 0 Å². The number of amides is 1. The fraction of sp³-hybridized carbons (Fsp3) is 0.591. The zero-order valence-corrected chi connectivity index (χ0v) is 16.5. The number of rotatable bonds is 5. The van der Waals surface area contributed by atoms with E-state index in [2.05, 4.69) is 21.5 Å². The maximum Gasteiger partial charge on any atom is 0.255 e. The number of carbonyl (C=O) groups is 1. The van der Waals surface area contributed by atoms with Crippen LogP contribution in [0, 0.1) is 19.8 Å². The first-order valence-electron chi connectivity index (χ1n) is 10.4. The summed E-state index contributed by atoms with van der Waals surface area (Å²) in [6.45, 7) is 6.87. The fourth-order valence-corrected chi connectivity index (χ4v) is 4.38. The Bertz CT molecular complexity index is 800. The second-order valence-corrected chi connectivity index (χ2v) is 8.20. The Labute approximate surface area is 161 Å². The molecule has 0 atom stereocenters. The van der Waals surface area contributed by atoms with Gasteiger partial charge in [-0.05, 0) is 64.0 Å². The summed E-state index contributed by atoms with van der Waals surface area (Å²) in [6.07, 6.45) is 11.1. The molecule has 0 spiro atoms. The Kier molecular flexibility index (Phi) is 5.28. The molecule has 144 valence electrons. The lowest BCUT2D eigenvalue weighted by Gasteiger charge is -2.33. The van der Waals surface area contributed by atoms with Gasteiger partial charge in [0.25, 0.3) is 5.91 Å². The minimum absolute atomic E-state index is 0.136. The molecule has 27 heavy (non-hydrogen) atoms. The third kappa shape index (κ3) is 3.78. The second kappa shape index (κ2) is 7.83. The van der Waals surface area contributed by atoms with Crippen molar-refractivity contribution < 1.29 is 4.79 Å². The van der Waals surface area contributed by atoms with E-state index in [-0.39, 0.29) is 5.91 Å². The highest BCUT2D eigenvalue weighted by Gasteiger charge is 2.27. The molecule has 0 bridgehead atoms. The molecule has 4 rings (SSSR count). The van der Waals surface area contributed by atoms with Crippen molar-refractivity contribution in [1.82, 2.24) is 19.4 Å². The first kappa shape index (κ1) is 18.2. The Balaban J connectivity index is 1.31. The molecular formula is C22H30N4O. The van der Waals surface area contributed by atoms with Gasteiger partial charge in [-0.15, -0.1) is 0 Å². The van der Waals surface area contributed by atoms with E-state index >= 15 is 0 Å². The number of carbonyl (C=O) groups excluding carboxylic acids is 1. The topological polar surface area (TPSA) is 51.0 Å². The summed E-state index contributed by atoms with van der Waals surface area (Å²) < 4.78 is 2.44. The van der Waals surface area contributed by atoms with E-state index in [1.807, 2.05) is 30.2 Å². The number of hydrogen-bond donors (Lipinski definition) is 0. The van der Waals surface area contributed by atoms with Crippen molar-refractivity contribution >= 4 is 5.91 Å². The normalized spacial score (nSPS) is 18.5. The summed E-state index contributed by atoms with van der Waals surface area (Å²) in [5.74, 6) is 2.82. The molecule has 1 aliphatic carbocycles.